The topological polar surface area (TPSA) is 63.8 Å². The molecule has 0 aliphatic heterocycles. The van der Waals surface area contributed by atoms with Crippen molar-refractivity contribution in [1.82, 2.24) is 9.36 Å². The van der Waals surface area contributed by atoms with Crippen molar-refractivity contribution >= 4 is 33.7 Å². The molecule has 1 fully saturated rings. The normalized spacial score (nSPS) is 14.9. The van der Waals surface area contributed by atoms with E-state index in [9.17, 15) is 0 Å². The second-order valence-corrected chi connectivity index (χ2v) is 6.36. The highest BCUT2D eigenvalue weighted by Crippen LogP contribution is 2.47. The Kier molecular flexibility index (Phi) is 3.22. The number of aromatic nitrogens is 2. The zero-order chi connectivity index (χ0) is 12.5. The van der Waals surface area contributed by atoms with E-state index in [1.54, 1.807) is 11.3 Å². The number of thiazole rings is 1. The highest BCUT2D eigenvalue weighted by Gasteiger charge is 2.30. The molecule has 0 amide bonds. The molecule has 0 atom stereocenters. The van der Waals surface area contributed by atoms with Crippen LogP contribution in [-0.2, 0) is 6.42 Å². The van der Waals surface area contributed by atoms with Crippen LogP contribution >= 0.6 is 22.9 Å². The number of nitrogen functional groups attached to an aromatic ring is 1. The van der Waals surface area contributed by atoms with Crippen molar-refractivity contribution in [3.8, 4) is 0 Å². The van der Waals surface area contributed by atoms with Crippen molar-refractivity contribution in [2.45, 2.75) is 32.1 Å². The summed E-state index contributed by atoms with van der Waals surface area (Å²) in [7, 11) is 0. The van der Waals surface area contributed by atoms with E-state index in [0.717, 1.165) is 29.5 Å². The van der Waals surface area contributed by atoms with E-state index in [2.05, 4.69) is 20.1 Å². The van der Waals surface area contributed by atoms with Gasteiger partial charge in [-0.05, 0) is 37.2 Å². The van der Waals surface area contributed by atoms with E-state index in [1.807, 2.05) is 6.92 Å². The van der Waals surface area contributed by atoms with E-state index in [0.29, 0.717) is 5.92 Å². The molecule has 2 heterocycles. The molecule has 0 spiro atoms. The molecule has 96 valence electrons. The molecular weight excluding hydrogens is 264 g/mol. The molecule has 2 aromatic heterocycles. The lowest BCUT2D eigenvalue weighted by Crippen LogP contribution is -2.05. The average Bonchev–Trinajstić information content (AvgIpc) is 2.99. The van der Waals surface area contributed by atoms with Crippen LogP contribution in [0.25, 0.3) is 0 Å². The van der Waals surface area contributed by atoms with Crippen molar-refractivity contribution in [1.29, 1.82) is 0 Å². The van der Waals surface area contributed by atoms with E-state index in [4.69, 9.17) is 5.73 Å². The fourth-order valence-electron chi connectivity index (χ4n) is 2.00. The molecule has 1 aliphatic rings. The summed E-state index contributed by atoms with van der Waals surface area (Å²) >= 11 is 3.21. The SMILES string of the molecule is Cc1csc(CCNc2snc(N)c2C2CC2)n1. The van der Waals surface area contributed by atoms with Crippen LogP contribution in [0.4, 0.5) is 10.8 Å². The number of hydrogen-bond donors (Lipinski definition) is 2. The maximum absolute atomic E-state index is 5.92. The molecule has 0 bridgehead atoms. The van der Waals surface area contributed by atoms with Crippen LogP contribution in [0.1, 0.15) is 35.0 Å². The first-order valence-electron chi connectivity index (χ1n) is 6.14. The Balaban J connectivity index is 1.60. The van der Waals surface area contributed by atoms with Crippen LogP contribution in [0.5, 0.6) is 0 Å². The van der Waals surface area contributed by atoms with Gasteiger partial charge in [0.1, 0.15) is 10.8 Å². The number of nitrogens with two attached hydrogens (primary N) is 1. The molecule has 3 N–H and O–H groups in total. The van der Waals surface area contributed by atoms with Gasteiger partial charge < -0.3 is 11.1 Å². The van der Waals surface area contributed by atoms with E-state index >= 15 is 0 Å². The van der Waals surface area contributed by atoms with Crippen LogP contribution in [0, 0.1) is 6.92 Å². The highest BCUT2D eigenvalue weighted by atomic mass is 32.1. The number of rotatable bonds is 5. The predicted octanol–water partition coefficient (Wildman–Crippen LogP) is 3.02. The van der Waals surface area contributed by atoms with Crippen molar-refractivity contribution < 1.29 is 0 Å². The third-order valence-corrected chi connectivity index (χ3v) is 4.89. The van der Waals surface area contributed by atoms with Crippen molar-refractivity contribution in [3.05, 3.63) is 21.6 Å². The molecule has 1 saturated carbocycles. The molecule has 1 aliphatic carbocycles. The Morgan fingerprint density at radius 3 is 3.00 bits per heavy atom. The first kappa shape index (κ1) is 11.9. The minimum absolute atomic E-state index is 0.647. The summed E-state index contributed by atoms with van der Waals surface area (Å²) in [5.74, 6) is 1.36. The Morgan fingerprint density at radius 2 is 2.33 bits per heavy atom. The average molecular weight is 280 g/mol. The first-order valence-corrected chi connectivity index (χ1v) is 7.79. The van der Waals surface area contributed by atoms with Gasteiger partial charge in [-0.25, -0.2) is 4.98 Å². The Hall–Kier alpha value is -1.14. The van der Waals surface area contributed by atoms with Crippen LogP contribution in [-0.4, -0.2) is 15.9 Å². The summed E-state index contributed by atoms with van der Waals surface area (Å²) in [6.07, 6.45) is 3.46. The van der Waals surface area contributed by atoms with Crippen LogP contribution in [0.3, 0.4) is 0 Å². The minimum atomic E-state index is 0.647. The zero-order valence-corrected chi connectivity index (χ0v) is 11.9. The molecular formula is C12H16N4S2. The van der Waals surface area contributed by atoms with Gasteiger partial charge in [0.25, 0.3) is 0 Å². The van der Waals surface area contributed by atoms with E-state index < -0.39 is 0 Å². The fraction of sp³-hybridized carbons (Fsp3) is 0.500. The van der Waals surface area contributed by atoms with Crippen LogP contribution in [0.2, 0.25) is 0 Å². The van der Waals surface area contributed by atoms with Gasteiger partial charge in [0.15, 0.2) is 0 Å². The van der Waals surface area contributed by atoms with Crippen LogP contribution in [0.15, 0.2) is 5.38 Å². The van der Waals surface area contributed by atoms with Gasteiger partial charge in [-0.3, -0.25) is 0 Å². The summed E-state index contributed by atoms with van der Waals surface area (Å²) in [5.41, 5.74) is 8.27. The maximum atomic E-state index is 5.92. The molecule has 4 nitrogen and oxygen atoms in total. The maximum Gasteiger partial charge on any atom is 0.142 e. The summed E-state index contributed by atoms with van der Waals surface area (Å²) < 4.78 is 4.25. The van der Waals surface area contributed by atoms with Gasteiger partial charge in [-0.2, -0.15) is 4.37 Å². The molecule has 0 aromatic carbocycles. The highest BCUT2D eigenvalue weighted by molar-refractivity contribution is 7.10. The van der Waals surface area contributed by atoms with Crippen molar-refractivity contribution in [3.63, 3.8) is 0 Å². The molecule has 3 rings (SSSR count). The minimum Gasteiger partial charge on any atom is -0.383 e. The number of aryl methyl sites for hydroxylation is 1. The Labute approximate surface area is 114 Å². The second kappa shape index (κ2) is 4.85. The fourth-order valence-corrected chi connectivity index (χ4v) is 3.60. The number of nitrogens with one attached hydrogen (secondary N) is 1. The summed E-state index contributed by atoms with van der Waals surface area (Å²) in [4.78, 5) is 4.46. The molecule has 2 aromatic rings. The number of hydrogen-bond acceptors (Lipinski definition) is 6. The standard InChI is InChI=1S/C12H16N4S2/c1-7-6-17-9(15-7)4-5-14-12-10(8-2-3-8)11(13)16-18-12/h6,8,14H,2-5H2,1H3,(H2,13,16). The summed E-state index contributed by atoms with van der Waals surface area (Å²) in [6, 6.07) is 0. The summed E-state index contributed by atoms with van der Waals surface area (Å²) in [5, 5.41) is 7.89. The molecule has 0 saturated heterocycles. The monoisotopic (exact) mass is 280 g/mol. The third kappa shape index (κ3) is 2.49. The Morgan fingerprint density at radius 1 is 1.50 bits per heavy atom. The summed E-state index contributed by atoms with van der Waals surface area (Å²) in [6.45, 7) is 2.93. The van der Waals surface area contributed by atoms with Crippen LogP contribution < -0.4 is 11.1 Å². The van der Waals surface area contributed by atoms with E-state index in [1.165, 1.54) is 34.9 Å². The molecule has 0 unspecified atom stereocenters. The van der Waals surface area contributed by atoms with Gasteiger partial charge in [0, 0.05) is 29.6 Å². The quantitative estimate of drug-likeness (QED) is 0.883. The lowest BCUT2D eigenvalue weighted by molar-refractivity contribution is 0.985. The smallest absolute Gasteiger partial charge is 0.142 e. The largest absolute Gasteiger partial charge is 0.383 e. The molecule has 18 heavy (non-hydrogen) atoms. The van der Waals surface area contributed by atoms with Gasteiger partial charge in [0.2, 0.25) is 0 Å². The lowest BCUT2D eigenvalue weighted by Gasteiger charge is -2.04. The van der Waals surface area contributed by atoms with E-state index in [-0.39, 0.29) is 0 Å². The van der Waals surface area contributed by atoms with Crippen molar-refractivity contribution in [2.24, 2.45) is 0 Å². The third-order valence-electron chi connectivity index (χ3n) is 3.03. The molecule has 6 heteroatoms. The Bertz CT molecular complexity index is 542. The van der Waals surface area contributed by atoms with Crippen molar-refractivity contribution in [2.75, 3.05) is 17.6 Å². The van der Waals surface area contributed by atoms with Gasteiger partial charge in [-0.1, -0.05) is 0 Å². The number of anilines is 2. The van der Waals surface area contributed by atoms with Gasteiger partial charge in [0.05, 0.1) is 5.01 Å². The second-order valence-electron chi connectivity index (χ2n) is 4.64. The predicted molar refractivity (Wildman–Crippen MR) is 77.5 cm³/mol. The zero-order valence-electron chi connectivity index (χ0n) is 10.3. The number of nitrogens with zero attached hydrogens (tertiary/aromatic N) is 2. The first-order chi connectivity index (χ1) is 8.74. The molecule has 0 radical (unpaired) electrons. The van der Waals surface area contributed by atoms with Gasteiger partial charge in [-0.15, -0.1) is 11.3 Å². The lowest BCUT2D eigenvalue weighted by atomic mass is 10.2. The van der Waals surface area contributed by atoms with Gasteiger partial charge >= 0.3 is 0 Å².